The lowest BCUT2D eigenvalue weighted by atomic mass is 10.1. The van der Waals surface area contributed by atoms with E-state index in [1.165, 1.54) is 6.20 Å². The Morgan fingerprint density at radius 3 is 2.56 bits per heavy atom. The molecule has 0 aliphatic carbocycles. The van der Waals surface area contributed by atoms with Crippen molar-refractivity contribution >= 4 is 11.9 Å². The molecular formula is C24H31N3O5. The van der Waals surface area contributed by atoms with Crippen molar-refractivity contribution in [2.75, 3.05) is 32.9 Å². The third-order valence-corrected chi connectivity index (χ3v) is 6.13. The van der Waals surface area contributed by atoms with Gasteiger partial charge in [0.25, 0.3) is 5.91 Å². The van der Waals surface area contributed by atoms with Gasteiger partial charge in [0.1, 0.15) is 5.56 Å². The van der Waals surface area contributed by atoms with E-state index in [1.807, 2.05) is 36.1 Å². The van der Waals surface area contributed by atoms with Crippen LogP contribution in [0.15, 0.2) is 30.5 Å². The summed E-state index contributed by atoms with van der Waals surface area (Å²) in [4.78, 5) is 26.8. The molecule has 32 heavy (non-hydrogen) atoms. The van der Waals surface area contributed by atoms with Gasteiger partial charge in [-0.15, -0.1) is 0 Å². The second-order valence-electron chi connectivity index (χ2n) is 8.28. The SMILES string of the molecule is CCOC(=O)c1cnn(-c2ccc(C(=O)N3CCC(OC[C@H]4CCCO4)CC3)cc2)c1C. The molecular weight excluding hydrogens is 410 g/mol. The van der Waals surface area contributed by atoms with Crippen LogP contribution in [0.25, 0.3) is 5.69 Å². The first-order valence-electron chi connectivity index (χ1n) is 11.4. The molecule has 4 rings (SSSR count). The Hall–Kier alpha value is -2.71. The highest BCUT2D eigenvalue weighted by Gasteiger charge is 2.26. The second kappa shape index (κ2) is 10.3. The summed E-state index contributed by atoms with van der Waals surface area (Å²) in [6.07, 6.45) is 5.83. The maximum Gasteiger partial charge on any atom is 0.341 e. The second-order valence-corrected chi connectivity index (χ2v) is 8.28. The van der Waals surface area contributed by atoms with Gasteiger partial charge in [-0.2, -0.15) is 5.10 Å². The monoisotopic (exact) mass is 441 g/mol. The number of benzene rings is 1. The minimum Gasteiger partial charge on any atom is -0.462 e. The first kappa shape index (κ1) is 22.5. The molecule has 1 aromatic heterocycles. The molecule has 2 aromatic rings. The number of aromatic nitrogens is 2. The van der Waals surface area contributed by atoms with E-state index in [1.54, 1.807) is 11.6 Å². The van der Waals surface area contributed by atoms with Crippen molar-refractivity contribution in [3.05, 3.63) is 47.3 Å². The predicted molar refractivity (Wildman–Crippen MR) is 118 cm³/mol. The smallest absolute Gasteiger partial charge is 0.341 e. The van der Waals surface area contributed by atoms with Crippen molar-refractivity contribution in [2.45, 2.75) is 51.7 Å². The summed E-state index contributed by atoms with van der Waals surface area (Å²) < 4.78 is 18.4. The van der Waals surface area contributed by atoms with Crippen molar-refractivity contribution in [1.82, 2.24) is 14.7 Å². The molecule has 2 fully saturated rings. The molecule has 1 aromatic carbocycles. The fourth-order valence-electron chi connectivity index (χ4n) is 4.25. The van der Waals surface area contributed by atoms with E-state index in [-0.39, 0.29) is 24.1 Å². The van der Waals surface area contributed by atoms with E-state index in [9.17, 15) is 9.59 Å². The Labute approximate surface area is 188 Å². The van der Waals surface area contributed by atoms with E-state index < -0.39 is 0 Å². The number of likely N-dealkylation sites (tertiary alicyclic amines) is 1. The Kier molecular flexibility index (Phi) is 7.22. The van der Waals surface area contributed by atoms with Gasteiger partial charge in [-0.3, -0.25) is 4.79 Å². The van der Waals surface area contributed by atoms with Crippen LogP contribution in [0.1, 0.15) is 59.0 Å². The van der Waals surface area contributed by atoms with Gasteiger partial charge in [0.05, 0.1) is 43.0 Å². The summed E-state index contributed by atoms with van der Waals surface area (Å²) in [5.41, 5.74) is 2.57. The number of rotatable bonds is 7. The third-order valence-electron chi connectivity index (χ3n) is 6.13. The number of piperidine rings is 1. The van der Waals surface area contributed by atoms with Crippen LogP contribution in [-0.2, 0) is 14.2 Å². The Morgan fingerprint density at radius 2 is 1.91 bits per heavy atom. The number of carbonyl (C=O) groups excluding carboxylic acids is 2. The van der Waals surface area contributed by atoms with E-state index in [0.717, 1.165) is 38.0 Å². The van der Waals surface area contributed by atoms with Gasteiger partial charge in [0.2, 0.25) is 0 Å². The lowest BCUT2D eigenvalue weighted by Crippen LogP contribution is -2.41. The molecule has 2 aliphatic rings. The molecule has 0 bridgehead atoms. The summed E-state index contributed by atoms with van der Waals surface area (Å²) in [5, 5.41) is 4.31. The van der Waals surface area contributed by atoms with Gasteiger partial charge in [0.15, 0.2) is 0 Å². The Bertz CT molecular complexity index is 926. The topological polar surface area (TPSA) is 82.9 Å². The maximum atomic E-state index is 12.9. The third kappa shape index (κ3) is 5.02. The average Bonchev–Trinajstić information content (AvgIpc) is 3.47. The zero-order chi connectivity index (χ0) is 22.5. The number of esters is 1. The molecule has 1 atom stereocenters. The zero-order valence-electron chi connectivity index (χ0n) is 18.8. The number of nitrogens with zero attached hydrogens (tertiary/aromatic N) is 3. The van der Waals surface area contributed by atoms with Crippen LogP contribution in [0.4, 0.5) is 0 Å². The first-order valence-corrected chi connectivity index (χ1v) is 11.4. The van der Waals surface area contributed by atoms with Gasteiger partial charge >= 0.3 is 5.97 Å². The Balaban J connectivity index is 1.32. The molecule has 0 unspecified atom stereocenters. The molecule has 2 aliphatic heterocycles. The first-order chi connectivity index (χ1) is 15.6. The lowest BCUT2D eigenvalue weighted by molar-refractivity contribution is -0.0395. The highest BCUT2D eigenvalue weighted by atomic mass is 16.5. The van der Waals surface area contributed by atoms with Crippen molar-refractivity contribution < 1.29 is 23.8 Å². The van der Waals surface area contributed by atoms with Gasteiger partial charge in [-0.05, 0) is 63.8 Å². The predicted octanol–water partition coefficient (Wildman–Crippen LogP) is 3.16. The van der Waals surface area contributed by atoms with Gasteiger partial charge < -0.3 is 19.1 Å². The van der Waals surface area contributed by atoms with E-state index in [2.05, 4.69) is 5.10 Å². The molecule has 2 saturated heterocycles. The van der Waals surface area contributed by atoms with Crippen LogP contribution >= 0.6 is 0 Å². The van der Waals surface area contributed by atoms with Crippen molar-refractivity contribution in [2.24, 2.45) is 0 Å². The number of hydrogen-bond donors (Lipinski definition) is 0. The summed E-state index contributed by atoms with van der Waals surface area (Å²) in [6, 6.07) is 7.31. The van der Waals surface area contributed by atoms with Crippen LogP contribution in [0, 0.1) is 6.92 Å². The van der Waals surface area contributed by atoms with Gasteiger partial charge in [-0.25, -0.2) is 9.48 Å². The molecule has 0 saturated carbocycles. The zero-order valence-corrected chi connectivity index (χ0v) is 18.8. The van der Waals surface area contributed by atoms with E-state index in [4.69, 9.17) is 14.2 Å². The van der Waals surface area contributed by atoms with Crippen LogP contribution in [0.5, 0.6) is 0 Å². The van der Waals surface area contributed by atoms with Crippen molar-refractivity contribution in [3.63, 3.8) is 0 Å². The molecule has 0 spiro atoms. The molecule has 8 nitrogen and oxygen atoms in total. The van der Waals surface area contributed by atoms with Crippen LogP contribution in [-0.4, -0.2) is 71.7 Å². The fourth-order valence-corrected chi connectivity index (χ4v) is 4.25. The number of amides is 1. The maximum absolute atomic E-state index is 12.9. The van der Waals surface area contributed by atoms with Crippen molar-refractivity contribution in [1.29, 1.82) is 0 Å². The van der Waals surface area contributed by atoms with E-state index >= 15 is 0 Å². The minimum atomic E-state index is -0.383. The van der Waals surface area contributed by atoms with Crippen molar-refractivity contribution in [3.8, 4) is 5.69 Å². The lowest BCUT2D eigenvalue weighted by Gasteiger charge is -2.32. The van der Waals surface area contributed by atoms with Gasteiger partial charge in [-0.1, -0.05) is 0 Å². The highest BCUT2D eigenvalue weighted by molar-refractivity contribution is 5.94. The largest absolute Gasteiger partial charge is 0.462 e. The highest BCUT2D eigenvalue weighted by Crippen LogP contribution is 2.20. The summed E-state index contributed by atoms with van der Waals surface area (Å²) in [6.45, 7) is 6.79. The number of hydrogen-bond acceptors (Lipinski definition) is 6. The average molecular weight is 442 g/mol. The number of carbonyl (C=O) groups is 2. The quantitative estimate of drug-likeness (QED) is 0.614. The number of ether oxygens (including phenoxy) is 3. The summed E-state index contributed by atoms with van der Waals surface area (Å²) >= 11 is 0. The minimum absolute atomic E-state index is 0.0264. The molecule has 0 radical (unpaired) electrons. The standard InChI is InChI=1S/C24H31N3O5/c1-3-30-24(29)22-15-25-27(17(22)2)19-8-6-18(7-9-19)23(28)26-12-10-20(11-13-26)32-16-21-5-4-14-31-21/h6-9,15,20-21H,3-5,10-14,16H2,1-2H3/t21-/m1/s1. The Morgan fingerprint density at radius 1 is 1.16 bits per heavy atom. The normalized spacial score (nSPS) is 19.3. The summed E-state index contributed by atoms with van der Waals surface area (Å²) in [7, 11) is 0. The molecule has 0 N–H and O–H groups in total. The van der Waals surface area contributed by atoms with Crippen LogP contribution in [0.2, 0.25) is 0 Å². The van der Waals surface area contributed by atoms with Crippen LogP contribution in [0.3, 0.4) is 0 Å². The molecule has 1 amide bonds. The summed E-state index contributed by atoms with van der Waals surface area (Å²) in [5.74, 6) is -0.357. The van der Waals surface area contributed by atoms with Gasteiger partial charge in [0, 0.05) is 25.3 Å². The molecule has 8 heteroatoms. The fraction of sp³-hybridized carbons (Fsp3) is 0.542. The van der Waals surface area contributed by atoms with E-state index in [0.29, 0.717) is 43.1 Å². The molecule has 3 heterocycles. The van der Waals surface area contributed by atoms with Crippen LogP contribution < -0.4 is 0 Å². The molecule has 172 valence electrons.